The first kappa shape index (κ1) is 13.9. The van der Waals surface area contributed by atoms with Crippen molar-refractivity contribution in [2.75, 3.05) is 0 Å². The van der Waals surface area contributed by atoms with E-state index in [0.717, 1.165) is 9.76 Å². The van der Waals surface area contributed by atoms with E-state index in [1.54, 1.807) is 24.0 Å². The highest BCUT2D eigenvalue weighted by atomic mass is 32.2. The third-order valence-corrected chi connectivity index (χ3v) is 4.38. The molecule has 0 saturated carbocycles. The Hall–Kier alpha value is -1.48. The molecule has 1 heterocycles. The molecule has 100 valence electrons. The van der Waals surface area contributed by atoms with Gasteiger partial charge in [0.05, 0.1) is 0 Å². The second-order valence-corrected chi connectivity index (χ2v) is 6.30. The third-order valence-electron chi connectivity index (χ3n) is 3.23. The number of rotatable bonds is 3. The molecule has 0 aliphatic heterocycles. The van der Waals surface area contributed by atoms with Crippen molar-refractivity contribution in [3.63, 3.8) is 0 Å². The summed E-state index contributed by atoms with van der Waals surface area (Å²) in [4.78, 5) is 0. The second-order valence-electron chi connectivity index (χ2n) is 4.94. The van der Waals surface area contributed by atoms with E-state index in [2.05, 4.69) is 39.8 Å². The Morgan fingerprint density at radius 2 is 1.74 bits per heavy atom. The minimum absolute atomic E-state index is 0.267. The van der Waals surface area contributed by atoms with Crippen LogP contribution < -0.4 is 4.73 Å². The summed E-state index contributed by atoms with van der Waals surface area (Å²) in [6.07, 6.45) is 1.55. The lowest BCUT2D eigenvalue weighted by Gasteiger charge is -2.17. The largest absolute Gasteiger partial charge is 0.618 e. The molecule has 1 aromatic carbocycles. The van der Waals surface area contributed by atoms with Gasteiger partial charge in [0, 0.05) is 17.4 Å². The summed E-state index contributed by atoms with van der Waals surface area (Å²) in [7, 11) is 0. The predicted octanol–water partition coefficient (Wildman–Crippen LogP) is 4.10. The summed E-state index contributed by atoms with van der Waals surface area (Å²) in [6, 6.07) is 9.93. The zero-order chi connectivity index (χ0) is 14.0. The van der Waals surface area contributed by atoms with Crippen LogP contribution in [-0.2, 0) is 0 Å². The van der Waals surface area contributed by atoms with Crippen molar-refractivity contribution in [3.05, 3.63) is 64.0 Å². The molecule has 2 aromatic rings. The molecule has 1 aromatic heterocycles. The van der Waals surface area contributed by atoms with E-state index in [1.807, 2.05) is 12.1 Å². The highest BCUT2D eigenvalue weighted by molar-refractivity contribution is 7.99. The Bertz CT molecular complexity index is 572. The molecule has 0 spiro atoms. The van der Waals surface area contributed by atoms with Gasteiger partial charge < -0.3 is 5.21 Å². The fourth-order valence-corrected chi connectivity index (χ4v) is 3.75. The average molecular weight is 273 g/mol. The lowest BCUT2D eigenvalue weighted by molar-refractivity contribution is -0.645. The van der Waals surface area contributed by atoms with Crippen molar-refractivity contribution in [1.29, 1.82) is 0 Å². The van der Waals surface area contributed by atoms with Gasteiger partial charge in [-0.1, -0.05) is 17.7 Å². The Balaban J connectivity index is 2.31. The van der Waals surface area contributed by atoms with Gasteiger partial charge in [0.25, 0.3) is 5.03 Å². The average Bonchev–Trinajstić information content (AvgIpc) is 2.30. The van der Waals surface area contributed by atoms with Crippen LogP contribution >= 0.6 is 11.8 Å². The lowest BCUT2D eigenvalue weighted by atomic mass is 9.98. The molecular weight excluding hydrogens is 254 g/mol. The van der Waals surface area contributed by atoms with Crippen molar-refractivity contribution in [2.45, 2.75) is 38.0 Å². The van der Waals surface area contributed by atoms with Crippen LogP contribution in [0.15, 0.2) is 41.6 Å². The van der Waals surface area contributed by atoms with E-state index in [0.29, 0.717) is 0 Å². The van der Waals surface area contributed by atoms with E-state index in [9.17, 15) is 5.21 Å². The van der Waals surface area contributed by atoms with Crippen LogP contribution in [0.4, 0.5) is 0 Å². The predicted molar refractivity (Wildman–Crippen MR) is 80.3 cm³/mol. The van der Waals surface area contributed by atoms with E-state index < -0.39 is 0 Å². The Kier molecular flexibility index (Phi) is 4.15. The summed E-state index contributed by atoms with van der Waals surface area (Å²) in [5.41, 5.74) is 5.21. The molecule has 0 N–H and O–H groups in total. The number of hydrogen-bond acceptors (Lipinski definition) is 2. The van der Waals surface area contributed by atoms with Crippen LogP contribution in [0.1, 0.15) is 34.4 Å². The zero-order valence-corrected chi connectivity index (χ0v) is 12.6. The van der Waals surface area contributed by atoms with Crippen molar-refractivity contribution in [1.82, 2.24) is 0 Å². The maximum Gasteiger partial charge on any atom is 0.251 e. The van der Waals surface area contributed by atoms with Crippen LogP contribution in [0.2, 0.25) is 0 Å². The molecule has 2 rings (SSSR count). The van der Waals surface area contributed by atoms with Crippen LogP contribution in [0, 0.1) is 26.0 Å². The molecule has 0 amide bonds. The van der Waals surface area contributed by atoms with Gasteiger partial charge in [0.1, 0.15) is 0 Å². The fraction of sp³-hybridized carbons (Fsp3) is 0.312. The van der Waals surface area contributed by atoms with Crippen LogP contribution in [0.25, 0.3) is 0 Å². The van der Waals surface area contributed by atoms with E-state index in [1.165, 1.54) is 22.3 Å². The molecule has 0 radical (unpaired) electrons. The van der Waals surface area contributed by atoms with Gasteiger partial charge in [-0.05, 0) is 62.2 Å². The Morgan fingerprint density at radius 3 is 2.32 bits per heavy atom. The highest BCUT2D eigenvalue weighted by Gasteiger charge is 2.17. The number of hydrogen-bond donors (Lipinski definition) is 0. The molecule has 1 atom stereocenters. The van der Waals surface area contributed by atoms with E-state index in [4.69, 9.17) is 0 Å². The fourth-order valence-electron chi connectivity index (χ4n) is 2.58. The Labute approximate surface area is 119 Å². The molecule has 2 nitrogen and oxygen atoms in total. The first-order valence-electron chi connectivity index (χ1n) is 6.41. The van der Waals surface area contributed by atoms with Gasteiger partial charge in [-0.3, -0.25) is 0 Å². The number of thioether (sulfide) groups is 1. The topological polar surface area (TPSA) is 26.9 Å². The van der Waals surface area contributed by atoms with Crippen LogP contribution in [0.5, 0.6) is 0 Å². The molecule has 3 heteroatoms. The van der Waals surface area contributed by atoms with Gasteiger partial charge >= 0.3 is 0 Å². The van der Waals surface area contributed by atoms with Crippen molar-refractivity contribution in [2.24, 2.45) is 0 Å². The number of nitrogens with zero attached hydrogens (tertiary/aromatic N) is 1. The van der Waals surface area contributed by atoms with Gasteiger partial charge in [-0.25, -0.2) is 0 Å². The highest BCUT2D eigenvalue weighted by Crippen LogP contribution is 2.36. The molecule has 0 fully saturated rings. The molecule has 0 aliphatic carbocycles. The Morgan fingerprint density at radius 1 is 1.11 bits per heavy atom. The van der Waals surface area contributed by atoms with Gasteiger partial charge in [0.2, 0.25) is 0 Å². The van der Waals surface area contributed by atoms with Gasteiger partial charge in [-0.15, -0.1) is 0 Å². The first-order valence-corrected chi connectivity index (χ1v) is 7.29. The smallest absolute Gasteiger partial charge is 0.251 e. The monoisotopic (exact) mass is 273 g/mol. The summed E-state index contributed by atoms with van der Waals surface area (Å²) in [5, 5.41) is 12.7. The maximum absolute atomic E-state index is 11.7. The first-order chi connectivity index (χ1) is 8.99. The standard InChI is InChI=1S/C16H19NOS/c1-11-9-12(2)16(13(3)10-11)14(4)19-15-7-5-6-8-17(15)18/h5-10,14H,1-4H3. The van der Waals surface area contributed by atoms with Crippen molar-refractivity contribution in [3.8, 4) is 0 Å². The van der Waals surface area contributed by atoms with E-state index >= 15 is 0 Å². The molecule has 19 heavy (non-hydrogen) atoms. The zero-order valence-electron chi connectivity index (χ0n) is 11.8. The number of pyridine rings is 1. The molecule has 0 aliphatic rings. The van der Waals surface area contributed by atoms with Crippen LogP contribution in [0.3, 0.4) is 0 Å². The molecular formula is C16H19NOS. The minimum Gasteiger partial charge on any atom is -0.618 e. The van der Waals surface area contributed by atoms with Gasteiger partial charge in [-0.2, -0.15) is 4.73 Å². The summed E-state index contributed by atoms with van der Waals surface area (Å²) in [6.45, 7) is 8.55. The minimum atomic E-state index is 0.267. The number of aromatic nitrogens is 1. The second kappa shape index (κ2) is 5.66. The normalized spacial score (nSPS) is 12.4. The van der Waals surface area contributed by atoms with Gasteiger partial charge in [0.15, 0.2) is 6.20 Å². The van der Waals surface area contributed by atoms with Crippen molar-refractivity contribution < 1.29 is 4.73 Å². The summed E-state index contributed by atoms with van der Waals surface area (Å²) >= 11 is 1.61. The third kappa shape index (κ3) is 3.10. The lowest BCUT2D eigenvalue weighted by Crippen LogP contribution is -2.27. The molecule has 0 saturated heterocycles. The maximum atomic E-state index is 11.7. The van der Waals surface area contributed by atoms with E-state index in [-0.39, 0.29) is 5.25 Å². The summed E-state index contributed by atoms with van der Waals surface area (Å²) in [5.74, 6) is 0. The summed E-state index contributed by atoms with van der Waals surface area (Å²) < 4.78 is 0.931. The van der Waals surface area contributed by atoms with Crippen LogP contribution in [-0.4, -0.2) is 0 Å². The SMILES string of the molecule is Cc1cc(C)c(C(C)Sc2cccc[n+]2[O-])c(C)c1. The molecule has 1 unspecified atom stereocenters. The number of benzene rings is 1. The molecule has 0 bridgehead atoms. The quantitative estimate of drug-likeness (QED) is 0.478. The van der Waals surface area contributed by atoms with Crippen molar-refractivity contribution >= 4 is 11.8 Å². The number of aryl methyl sites for hydroxylation is 3.